The maximum Gasteiger partial charge on any atom is 0.238 e. The number of nitrogens with one attached hydrogen (secondary N) is 2. The van der Waals surface area contributed by atoms with Crippen LogP contribution in [0.1, 0.15) is 0 Å². The van der Waals surface area contributed by atoms with Crippen molar-refractivity contribution < 1.29 is 4.79 Å². The molecule has 1 heterocycles. The molecular weight excluding hydrogens is 309 g/mol. The Labute approximate surface area is 128 Å². The van der Waals surface area contributed by atoms with Gasteiger partial charge in [-0.15, -0.1) is 12.4 Å². The molecule has 4 nitrogen and oxygen atoms in total. The first-order valence-corrected chi connectivity index (χ1v) is 6.48. The van der Waals surface area contributed by atoms with Gasteiger partial charge in [0.2, 0.25) is 5.91 Å². The predicted octanol–water partition coefficient (Wildman–Crippen LogP) is 2.26. The highest BCUT2D eigenvalue weighted by molar-refractivity contribution is 6.43. The molecule has 0 unspecified atom stereocenters. The van der Waals surface area contributed by atoms with Gasteiger partial charge < -0.3 is 10.6 Å². The standard InChI is InChI=1S/C12H15Cl2N3O.ClH/c1-17(8-5-15-6-8)7-11(18)16-10-4-2-3-9(13)12(10)14;/h2-4,8,15H,5-7H2,1H3,(H,16,18);1H. The van der Waals surface area contributed by atoms with E-state index in [0.717, 1.165) is 13.1 Å². The van der Waals surface area contributed by atoms with Gasteiger partial charge in [0.25, 0.3) is 0 Å². The van der Waals surface area contributed by atoms with Gasteiger partial charge in [-0.2, -0.15) is 0 Å². The normalized spacial score (nSPS) is 14.7. The Morgan fingerprint density at radius 3 is 2.74 bits per heavy atom. The van der Waals surface area contributed by atoms with Crippen molar-refractivity contribution in [1.29, 1.82) is 0 Å². The van der Waals surface area contributed by atoms with E-state index in [-0.39, 0.29) is 18.3 Å². The largest absolute Gasteiger partial charge is 0.324 e. The highest BCUT2D eigenvalue weighted by Gasteiger charge is 2.23. The molecule has 1 amide bonds. The van der Waals surface area contributed by atoms with Crippen molar-refractivity contribution in [1.82, 2.24) is 10.2 Å². The third-order valence-corrected chi connectivity index (χ3v) is 3.82. The number of rotatable bonds is 4. The first-order chi connectivity index (χ1) is 8.58. The van der Waals surface area contributed by atoms with Crippen molar-refractivity contribution in [3.63, 3.8) is 0 Å². The summed E-state index contributed by atoms with van der Waals surface area (Å²) in [5, 5.41) is 6.75. The van der Waals surface area contributed by atoms with Gasteiger partial charge in [-0.05, 0) is 19.2 Å². The minimum atomic E-state index is -0.0893. The molecular formula is C12H16Cl3N3O. The van der Waals surface area contributed by atoms with Crippen LogP contribution in [0.3, 0.4) is 0 Å². The number of hydrogen-bond donors (Lipinski definition) is 2. The van der Waals surface area contributed by atoms with Crippen LogP contribution in [0.2, 0.25) is 10.0 Å². The van der Waals surface area contributed by atoms with Gasteiger partial charge in [0.05, 0.1) is 22.3 Å². The monoisotopic (exact) mass is 323 g/mol. The van der Waals surface area contributed by atoms with Gasteiger partial charge in [0, 0.05) is 19.1 Å². The average molecular weight is 325 g/mol. The SMILES string of the molecule is CN(CC(=O)Nc1cccc(Cl)c1Cl)C1CNC1.Cl. The molecule has 0 atom stereocenters. The van der Waals surface area contributed by atoms with E-state index in [0.29, 0.717) is 28.3 Å². The van der Waals surface area contributed by atoms with E-state index < -0.39 is 0 Å². The summed E-state index contributed by atoms with van der Waals surface area (Å²) in [4.78, 5) is 13.9. The molecule has 0 spiro atoms. The van der Waals surface area contributed by atoms with Crippen molar-refractivity contribution in [3.8, 4) is 0 Å². The zero-order valence-corrected chi connectivity index (χ0v) is 12.8. The van der Waals surface area contributed by atoms with Crippen molar-refractivity contribution in [2.75, 3.05) is 32.0 Å². The highest BCUT2D eigenvalue weighted by atomic mass is 35.5. The minimum Gasteiger partial charge on any atom is -0.324 e. The summed E-state index contributed by atoms with van der Waals surface area (Å²) >= 11 is 11.9. The first kappa shape index (κ1) is 16.5. The summed E-state index contributed by atoms with van der Waals surface area (Å²) in [5.41, 5.74) is 0.550. The van der Waals surface area contributed by atoms with Crippen LogP contribution in [0.25, 0.3) is 0 Å². The zero-order chi connectivity index (χ0) is 13.1. The predicted molar refractivity (Wildman–Crippen MR) is 81.6 cm³/mol. The van der Waals surface area contributed by atoms with Gasteiger partial charge >= 0.3 is 0 Å². The van der Waals surface area contributed by atoms with Crippen LogP contribution in [-0.2, 0) is 4.79 Å². The number of hydrogen-bond acceptors (Lipinski definition) is 3. The third-order valence-electron chi connectivity index (χ3n) is 3.00. The second kappa shape index (κ2) is 7.31. The van der Waals surface area contributed by atoms with Crippen LogP contribution >= 0.6 is 35.6 Å². The summed E-state index contributed by atoms with van der Waals surface area (Å²) in [6.45, 7) is 2.21. The second-order valence-electron chi connectivity index (χ2n) is 4.38. The molecule has 0 aromatic heterocycles. The van der Waals surface area contributed by atoms with E-state index in [1.165, 1.54) is 0 Å². The van der Waals surface area contributed by atoms with Crippen LogP contribution in [0.5, 0.6) is 0 Å². The van der Waals surface area contributed by atoms with E-state index >= 15 is 0 Å². The maximum atomic E-state index is 11.9. The summed E-state index contributed by atoms with van der Waals surface area (Å²) in [6, 6.07) is 5.61. The Hall–Kier alpha value is -0.520. The van der Waals surface area contributed by atoms with Crippen molar-refractivity contribution in [2.45, 2.75) is 6.04 Å². The smallest absolute Gasteiger partial charge is 0.238 e. The van der Waals surface area contributed by atoms with Crippen LogP contribution in [0.15, 0.2) is 18.2 Å². The Bertz CT molecular complexity index is 452. The number of likely N-dealkylation sites (N-methyl/N-ethyl adjacent to an activating group) is 1. The number of carbonyl (C=O) groups is 1. The fraction of sp³-hybridized carbons (Fsp3) is 0.417. The van der Waals surface area contributed by atoms with Crippen LogP contribution in [0, 0.1) is 0 Å². The molecule has 7 heteroatoms. The molecule has 1 fully saturated rings. The van der Waals surface area contributed by atoms with Crippen LogP contribution < -0.4 is 10.6 Å². The molecule has 0 bridgehead atoms. The van der Waals surface area contributed by atoms with E-state index in [2.05, 4.69) is 10.6 Å². The minimum absolute atomic E-state index is 0. The lowest BCUT2D eigenvalue weighted by Crippen LogP contribution is -2.57. The zero-order valence-electron chi connectivity index (χ0n) is 10.5. The molecule has 0 aliphatic carbocycles. The molecule has 0 radical (unpaired) electrons. The van der Waals surface area contributed by atoms with Crippen LogP contribution in [-0.4, -0.2) is 43.5 Å². The number of halogens is 3. The fourth-order valence-electron chi connectivity index (χ4n) is 1.73. The van der Waals surface area contributed by atoms with E-state index in [9.17, 15) is 4.79 Å². The lowest BCUT2D eigenvalue weighted by molar-refractivity contribution is -0.117. The second-order valence-corrected chi connectivity index (χ2v) is 5.16. The van der Waals surface area contributed by atoms with Crippen molar-refractivity contribution in [2.24, 2.45) is 0 Å². The van der Waals surface area contributed by atoms with Gasteiger partial charge in [-0.1, -0.05) is 29.3 Å². The Balaban J connectivity index is 0.00000180. The molecule has 1 aromatic rings. The number of amides is 1. The molecule has 1 aliphatic rings. The van der Waals surface area contributed by atoms with Crippen molar-refractivity contribution >= 4 is 47.2 Å². The molecule has 106 valence electrons. The van der Waals surface area contributed by atoms with E-state index in [1.807, 2.05) is 11.9 Å². The van der Waals surface area contributed by atoms with E-state index in [1.54, 1.807) is 18.2 Å². The summed E-state index contributed by atoms with van der Waals surface area (Å²) in [7, 11) is 1.94. The Kier molecular flexibility index (Phi) is 6.36. The Morgan fingerprint density at radius 2 is 2.16 bits per heavy atom. The van der Waals surface area contributed by atoms with E-state index in [4.69, 9.17) is 23.2 Å². The van der Waals surface area contributed by atoms with Gasteiger partial charge in [-0.3, -0.25) is 9.69 Å². The van der Waals surface area contributed by atoms with Crippen molar-refractivity contribution in [3.05, 3.63) is 28.2 Å². The summed E-state index contributed by atoms with van der Waals surface area (Å²) in [5.74, 6) is -0.0893. The molecule has 19 heavy (non-hydrogen) atoms. The average Bonchev–Trinajstić information content (AvgIpc) is 2.22. The topological polar surface area (TPSA) is 44.4 Å². The molecule has 1 aliphatic heterocycles. The quantitative estimate of drug-likeness (QED) is 0.893. The molecule has 2 N–H and O–H groups in total. The number of nitrogens with zero attached hydrogens (tertiary/aromatic N) is 1. The summed E-state index contributed by atoms with van der Waals surface area (Å²) < 4.78 is 0. The Morgan fingerprint density at radius 1 is 1.47 bits per heavy atom. The maximum absolute atomic E-state index is 11.9. The first-order valence-electron chi connectivity index (χ1n) is 5.72. The molecule has 0 saturated carbocycles. The molecule has 1 saturated heterocycles. The van der Waals surface area contributed by atoms with Gasteiger partial charge in [0.15, 0.2) is 0 Å². The number of benzene rings is 1. The van der Waals surface area contributed by atoms with Gasteiger partial charge in [-0.25, -0.2) is 0 Å². The fourth-order valence-corrected chi connectivity index (χ4v) is 2.08. The summed E-state index contributed by atoms with van der Waals surface area (Å²) in [6.07, 6.45) is 0. The third kappa shape index (κ3) is 4.23. The van der Waals surface area contributed by atoms with Crippen LogP contribution in [0.4, 0.5) is 5.69 Å². The lowest BCUT2D eigenvalue weighted by Gasteiger charge is -2.35. The lowest BCUT2D eigenvalue weighted by atomic mass is 10.1. The highest BCUT2D eigenvalue weighted by Crippen LogP contribution is 2.29. The number of anilines is 1. The van der Waals surface area contributed by atoms with Gasteiger partial charge in [0.1, 0.15) is 0 Å². The molecule has 2 rings (SSSR count). The molecule has 1 aromatic carbocycles. The number of carbonyl (C=O) groups excluding carboxylic acids is 1.